The lowest BCUT2D eigenvalue weighted by atomic mass is 9.41. The fourth-order valence-corrected chi connectivity index (χ4v) is 13.7. The predicted molar refractivity (Wildman–Crippen MR) is 171 cm³/mol. The van der Waals surface area contributed by atoms with Crippen LogP contribution in [0.5, 0.6) is 0 Å². The largest absolute Gasteiger partial charge is 0.457 e. The van der Waals surface area contributed by atoms with Gasteiger partial charge in [0, 0.05) is 12.3 Å². The number of carbonyl (C=O) groups excluding carboxylic acids is 1. The van der Waals surface area contributed by atoms with Crippen molar-refractivity contribution < 1.29 is 49.3 Å². The fourth-order valence-electron chi connectivity index (χ4n) is 13.7. The molecule has 0 bridgehead atoms. The van der Waals surface area contributed by atoms with Gasteiger partial charge in [-0.05, 0) is 111 Å². The van der Waals surface area contributed by atoms with Gasteiger partial charge in [0.15, 0.2) is 12.4 Å². The minimum absolute atomic E-state index is 0.0683. The molecule has 2 unspecified atom stereocenters. The normalized spacial score (nSPS) is 55.4. The molecule has 268 valence electrons. The molecule has 5 N–H and O–H groups in total. The van der Waals surface area contributed by atoms with Crippen LogP contribution in [0.25, 0.3) is 0 Å². The SMILES string of the molecule is CC(=O)O[C@@H]([C@H]1C[C@@H](C)[C@H]2[C@H](O1)[C@H](O)[C@@]1(C)[C@@H]3CC[C@H]4C(C)(C)C(O[C@@H]5OCC(O)[C@H](O)[C@H]5O)CC[C@@]45C[C@@]35CC[C@]21C)C(C)(C)O. The summed E-state index contributed by atoms with van der Waals surface area (Å²) in [5.74, 6) is 0.717. The minimum Gasteiger partial charge on any atom is -0.457 e. The molecule has 5 aliphatic carbocycles. The van der Waals surface area contributed by atoms with Crippen LogP contribution in [0.4, 0.5) is 0 Å². The smallest absolute Gasteiger partial charge is 0.303 e. The first-order valence-corrected chi connectivity index (χ1v) is 18.3. The van der Waals surface area contributed by atoms with Crippen molar-refractivity contribution in [3.05, 3.63) is 0 Å². The molecular formula is C37H60O10. The summed E-state index contributed by atoms with van der Waals surface area (Å²) in [7, 11) is 0. The highest BCUT2D eigenvalue weighted by atomic mass is 16.7. The van der Waals surface area contributed by atoms with Crippen molar-refractivity contribution >= 4 is 5.97 Å². The molecule has 2 saturated heterocycles. The van der Waals surface area contributed by atoms with Gasteiger partial charge in [0.25, 0.3) is 0 Å². The molecule has 0 radical (unpaired) electrons. The molecule has 0 aromatic rings. The van der Waals surface area contributed by atoms with E-state index < -0.39 is 60.6 Å². The summed E-state index contributed by atoms with van der Waals surface area (Å²) in [5, 5.41) is 54.3. The van der Waals surface area contributed by atoms with Crippen molar-refractivity contribution in [3.63, 3.8) is 0 Å². The van der Waals surface area contributed by atoms with Crippen LogP contribution in [0.1, 0.15) is 107 Å². The average molecular weight is 665 g/mol. The molecule has 0 amide bonds. The topological polar surface area (TPSA) is 155 Å². The van der Waals surface area contributed by atoms with Crippen LogP contribution >= 0.6 is 0 Å². The number of fused-ring (bicyclic) bond motifs is 4. The lowest BCUT2D eigenvalue weighted by Gasteiger charge is -2.64. The maximum atomic E-state index is 12.5. The Kier molecular flexibility index (Phi) is 7.97. The van der Waals surface area contributed by atoms with E-state index in [1.54, 1.807) is 13.8 Å². The Hall–Kier alpha value is -0.850. The van der Waals surface area contributed by atoms with Gasteiger partial charge in [-0.1, -0.05) is 34.6 Å². The van der Waals surface area contributed by atoms with E-state index in [4.69, 9.17) is 18.9 Å². The van der Waals surface area contributed by atoms with E-state index in [2.05, 4.69) is 34.6 Å². The number of carbonyl (C=O) groups is 1. The zero-order valence-electron chi connectivity index (χ0n) is 29.6. The van der Waals surface area contributed by atoms with Crippen LogP contribution in [0.3, 0.4) is 0 Å². The molecule has 2 aliphatic heterocycles. The second-order valence-electron chi connectivity index (χ2n) is 18.6. The van der Waals surface area contributed by atoms with Crippen LogP contribution in [0, 0.1) is 50.7 Å². The zero-order chi connectivity index (χ0) is 34.3. The summed E-state index contributed by atoms with van der Waals surface area (Å²) in [6.45, 7) is 16.2. The van der Waals surface area contributed by atoms with E-state index in [0.717, 1.165) is 38.5 Å². The van der Waals surface area contributed by atoms with Crippen molar-refractivity contribution in [1.82, 2.24) is 0 Å². The van der Waals surface area contributed by atoms with Gasteiger partial charge in [0.2, 0.25) is 0 Å². The molecule has 2 heterocycles. The summed E-state index contributed by atoms with van der Waals surface area (Å²) in [6.07, 6.45) is 0.712. The Bertz CT molecular complexity index is 1250. The van der Waals surface area contributed by atoms with Gasteiger partial charge >= 0.3 is 5.97 Å². The highest BCUT2D eigenvalue weighted by molar-refractivity contribution is 5.66. The Morgan fingerprint density at radius 1 is 0.936 bits per heavy atom. The molecule has 7 rings (SSSR count). The summed E-state index contributed by atoms with van der Waals surface area (Å²) >= 11 is 0. The van der Waals surface area contributed by atoms with E-state index >= 15 is 0 Å². The summed E-state index contributed by atoms with van der Waals surface area (Å²) in [4.78, 5) is 12.1. The van der Waals surface area contributed by atoms with Crippen LogP contribution in [-0.2, 0) is 23.7 Å². The fraction of sp³-hybridized carbons (Fsp3) is 0.973. The van der Waals surface area contributed by atoms with Crippen molar-refractivity contribution in [1.29, 1.82) is 0 Å². The van der Waals surface area contributed by atoms with E-state index in [1.165, 1.54) is 13.3 Å². The highest BCUT2D eigenvalue weighted by Gasteiger charge is 2.84. The van der Waals surface area contributed by atoms with Crippen molar-refractivity contribution in [2.24, 2.45) is 50.7 Å². The van der Waals surface area contributed by atoms with Gasteiger partial charge in [-0.3, -0.25) is 4.79 Å². The molecule has 0 aromatic heterocycles. The summed E-state index contributed by atoms with van der Waals surface area (Å²) in [6, 6.07) is 0. The third kappa shape index (κ3) is 4.54. The standard InChI is InChI=1S/C37H60O10/c1-18-15-21(30(33(5,6)43)45-19(2)38)46-28-25(18)34(7)13-14-37-17-36(37)12-11-24(47-31-27(41)26(40)20(39)16-44-31)32(3,4)22(36)9-10-23(37)35(34,8)29(28)42/h18,20-31,39-43H,9-17H2,1-8H3/t18-,20?,21-,22+,23+,24?,25+,26+,27-,28+,29+,30+,31+,34-,35-,36-,37+/m1/s1. The van der Waals surface area contributed by atoms with E-state index in [9.17, 15) is 30.3 Å². The van der Waals surface area contributed by atoms with Gasteiger partial charge in [-0.2, -0.15) is 0 Å². The van der Waals surface area contributed by atoms with Gasteiger partial charge < -0.3 is 44.5 Å². The summed E-state index contributed by atoms with van der Waals surface area (Å²) < 4.78 is 24.6. The Morgan fingerprint density at radius 2 is 1.60 bits per heavy atom. The molecule has 10 heteroatoms. The van der Waals surface area contributed by atoms with Crippen LogP contribution in [0.15, 0.2) is 0 Å². The van der Waals surface area contributed by atoms with Crippen molar-refractivity contribution in [2.75, 3.05) is 6.61 Å². The number of hydrogen-bond acceptors (Lipinski definition) is 10. The molecular weight excluding hydrogens is 604 g/mol. The predicted octanol–water partition coefficient (Wildman–Crippen LogP) is 3.33. The Balaban J connectivity index is 1.14. The average Bonchev–Trinajstić information content (AvgIpc) is 3.61. The maximum absolute atomic E-state index is 12.5. The van der Waals surface area contributed by atoms with Gasteiger partial charge in [0.1, 0.15) is 18.3 Å². The van der Waals surface area contributed by atoms with E-state index in [-0.39, 0.29) is 51.6 Å². The lowest BCUT2D eigenvalue weighted by molar-refractivity contribution is -0.303. The zero-order valence-corrected chi connectivity index (χ0v) is 29.6. The Morgan fingerprint density at radius 3 is 2.26 bits per heavy atom. The number of hydrogen-bond donors (Lipinski definition) is 5. The molecule has 7 aliphatic rings. The van der Waals surface area contributed by atoms with Crippen LogP contribution in [0.2, 0.25) is 0 Å². The second-order valence-corrected chi connectivity index (χ2v) is 18.6. The molecule has 10 nitrogen and oxygen atoms in total. The van der Waals surface area contributed by atoms with Gasteiger partial charge in [0.05, 0.1) is 36.6 Å². The number of aliphatic hydroxyl groups excluding tert-OH is 4. The highest BCUT2D eigenvalue weighted by Crippen LogP contribution is 2.89. The Labute approximate surface area is 279 Å². The first-order valence-electron chi connectivity index (χ1n) is 18.3. The minimum atomic E-state index is -1.30. The third-order valence-corrected chi connectivity index (χ3v) is 15.8. The third-order valence-electron chi connectivity index (χ3n) is 15.8. The van der Waals surface area contributed by atoms with Crippen LogP contribution < -0.4 is 0 Å². The molecule has 47 heavy (non-hydrogen) atoms. The lowest BCUT2D eigenvalue weighted by Crippen LogP contribution is -2.61. The molecule has 5 saturated carbocycles. The first kappa shape index (κ1) is 34.6. The van der Waals surface area contributed by atoms with Gasteiger partial charge in [-0.25, -0.2) is 0 Å². The number of rotatable bonds is 5. The van der Waals surface area contributed by atoms with Crippen molar-refractivity contribution in [3.8, 4) is 0 Å². The molecule has 7 fully saturated rings. The molecule has 0 aromatic carbocycles. The maximum Gasteiger partial charge on any atom is 0.303 e. The van der Waals surface area contributed by atoms with Gasteiger partial charge in [-0.15, -0.1) is 0 Å². The monoisotopic (exact) mass is 664 g/mol. The quantitative estimate of drug-likeness (QED) is 0.218. The number of ether oxygens (including phenoxy) is 4. The van der Waals surface area contributed by atoms with E-state index in [1.807, 2.05) is 0 Å². The first-order chi connectivity index (χ1) is 21.8. The summed E-state index contributed by atoms with van der Waals surface area (Å²) in [5.41, 5.74) is -1.61. The van der Waals surface area contributed by atoms with E-state index in [0.29, 0.717) is 18.3 Å². The number of esters is 1. The number of aliphatic hydroxyl groups is 5. The second kappa shape index (κ2) is 10.8. The van der Waals surface area contributed by atoms with Crippen molar-refractivity contribution in [2.45, 2.75) is 167 Å². The molecule has 17 atom stereocenters. The molecule has 2 spiro atoms. The van der Waals surface area contributed by atoms with Crippen LogP contribution in [-0.4, -0.2) is 98.8 Å².